The molecule has 2 aliphatic heterocycles. The van der Waals surface area contributed by atoms with Crippen molar-refractivity contribution in [2.75, 3.05) is 39.3 Å². The maximum atomic E-state index is 13.1. The molecule has 2 heterocycles. The molecule has 156 valence electrons. The van der Waals surface area contributed by atoms with Crippen molar-refractivity contribution in [2.24, 2.45) is 0 Å². The second-order valence-electron chi connectivity index (χ2n) is 7.89. The van der Waals surface area contributed by atoms with E-state index in [1.165, 1.54) is 29.8 Å². The molecule has 0 bridgehead atoms. The van der Waals surface area contributed by atoms with Crippen LogP contribution < -0.4 is 0 Å². The third-order valence-electron chi connectivity index (χ3n) is 6.05. The van der Waals surface area contributed by atoms with Crippen molar-refractivity contribution in [3.8, 4) is 0 Å². The van der Waals surface area contributed by atoms with Crippen LogP contribution in [-0.4, -0.2) is 67.8 Å². The van der Waals surface area contributed by atoms with Crippen molar-refractivity contribution >= 4 is 10.0 Å². The Morgan fingerprint density at radius 2 is 1.45 bits per heavy atom. The zero-order valence-electron chi connectivity index (χ0n) is 16.6. The Bertz CT molecular complexity index is 889. The van der Waals surface area contributed by atoms with Gasteiger partial charge in [0.15, 0.2) is 0 Å². The second kappa shape index (κ2) is 8.92. The molecule has 0 amide bonds. The average molecular weight is 418 g/mol. The first kappa shape index (κ1) is 20.5. The van der Waals surface area contributed by atoms with E-state index in [0.717, 1.165) is 45.6 Å². The zero-order chi connectivity index (χ0) is 20.3. The monoisotopic (exact) mass is 417 g/mol. The number of hydrogen-bond donors (Lipinski definition) is 0. The fourth-order valence-electron chi connectivity index (χ4n) is 4.33. The van der Waals surface area contributed by atoms with E-state index >= 15 is 0 Å². The summed E-state index contributed by atoms with van der Waals surface area (Å²) in [4.78, 5) is 5.18. The van der Waals surface area contributed by atoms with Gasteiger partial charge in [0.25, 0.3) is 0 Å². The van der Waals surface area contributed by atoms with Crippen molar-refractivity contribution in [1.82, 2.24) is 14.1 Å². The van der Waals surface area contributed by atoms with E-state index in [9.17, 15) is 12.8 Å². The molecule has 5 nitrogen and oxygen atoms in total. The summed E-state index contributed by atoms with van der Waals surface area (Å²) in [6, 6.07) is 16.1. The lowest BCUT2D eigenvalue weighted by Crippen LogP contribution is -2.53. The van der Waals surface area contributed by atoms with Crippen LogP contribution in [0.4, 0.5) is 4.39 Å². The molecule has 0 atom stereocenters. The molecular formula is C22H28FN3O2S. The van der Waals surface area contributed by atoms with E-state index in [4.69, 9.17) is 0 Å². The average Bonchev–Trinajstić information content (AvgIpc) is 2.75. The third kappa shape index (κ3) is 4.86. The number of halogens is 1. The van der Waals surface area contributed by atoms with Crippen LogP contribution in [0, 0.1) is 5.82 Å². The van der Waals surface area contributed by atoms with Crippen LogP contribution in [0.15, 0.2) is 59.5 Å². The first-order valence-corrected chi connectivity index (χ1v) is 11.7. The minimum absolute atomic E-state index is 0.173. The van der Waals surface area contributed by atoms with Crippen LogP contribution in [0.2, 0.25) is 0 Å². The van der Waals surface area contributed by atoms with Crippen molar-refractivity contribution in [2.45, 2.75) is 30.3 Å². The Kier molecular flexibility index (Phi) is 6.29. The van der Waals surface area contributed by atoms with E-state index in [0.29, 0.717) is 19.1 Å². The Morgan fingerprint density at radius 1 is 0.828 bits per heavy atom. The van der Waals surface area contributed by atoms with Crippen LogP contribution in [0.1, 0.15) is 18.4 Å². The minimum Gasteiger partial charge on any atom is -0.298 e. The molecule has 0 aliphatic carbocycles. The van der Waals surface area contributed by atoms with Gasteiger partial charge >= 0.3 is 0 Å². The van der Waals surface area contributed by atoms with Gasteiger partial charge in [-0.15, -0.1) is 0 Å². The predicted octanol–water partition coefficient (Wildman–Crippen LogP) is 2.80. The summed E-state index contributed by atoms with van der Waals surface area (Å²) in [6.07, 6.45) is 1.69. The van der Waals surface area contributed by atoms with Gasteiger partial charge in [0.05, 0.1) is 4.90 Å². The van der Waals surface area contributed by atoms with Gasteiger partial charge in [-0.1, -0.05) is 30.3 Å². The smallest absolute Gasteiger partial charge is 0.243 e. The van der Waals surface area contributed by atoms with Crippen molar-refractivity contribution in [3.05, 3.63) is 66.0 Å². The van der Waals surface area contributed by atoms with Crippen LogP contribution in [-0.2, 0) is 16.6 Å². The topological polar surface area (TPSA) is 43.9 Å². The van der Waals surface area contributed by atoms with Crippen LogP contribution in [0.25, 0.3) is 0 Å². The molecule has 2 fully saturated rings. The molecule has 2 aliphatic rings. The fraction of sp³-hybridized carbons (Fsp3) is 0.455. The lowest BCUT2D eigenvalue weighted by Gasteiger charge is -2.42. The highest BCUT2D eigenvalue weighted by Crippen LogP contribution is 2.24. The highest BCUT2D eigenvalue weighted by molar-refractivity contribution is 7.89. The summed E-state index contributed by atoms with van der Waals surface area (Å²) in [5, 5.41) is 0. The van der Waals surface area contributed by atoms with Crippen molar-refractivity contribution < 1.29 is 12.8 Å². The molecule has 0 radical (unpaired) electrons. The Balaban J connectivity index is 1.27. The first-order chi connectivity index (χ1) is 14.0. The normalized spacial score (nSPS) is 20.7. The maximum Gasteiger partial charge on any atom is 0.243 e. The van der Waals surface area contributed by atoms with Crippen LogP contribution in [0.5, 0.6) is 0 Å². The van der Waals surface area contributed by atoms with E-state index in [-0.39, 0.29) is 4.90 Å². The van der Waals surface area contributed by atoms with Crippen molar-refractivity contribution in [1.29, 1.82) is 0 Å². The lowest BCUT2D eigenvalue weighted by atomic mass is 10.0. The quantitative estimate of drug-likeness (QED) is 0.751. The van der Waals surface area contributed by atoms with Gasteiger partial charge in [0.2, 0.25) is 10.0 Å². The molecule has 2 aromatic rings. The molecule has 2 saturated heterocycles. The summed E-state index contributed by atoms with van der Waals surface area (Å²) in [5.41, 5.74) is 1.35. The molecule has 0 N–H and O–H groups in total. The second-order valence-corrected chi connectivity index (χ2v) is 9.82. The predicted molar refractivity (Wildman–Crippen MR) is 111 cm³/mol. The SMILES string of the molecule is O=S(=O)(c1ccc(F)cc1)N1CCC(N2CCN(Cc3ccccc3)CC2)CC1. The minimum atomic E-state index is -3.54. The number of piperidine rings is 1. The number of benzene rings is 2. The highest BCUT2D eigenvalue weighted by Gasteiger charge is 2.32. The fourth-order valence-corrected chi connectivity index (χ4v) is 5.80. The molecular weight excluding hydrogens is 389 g/mol. The largest absolute Gasteiger partial charge is 0.298 e. The van der Waals surface area contributed by atoms with Crippen molar-refractivity contribution in [3.63, 3.8) is 0 Å². The Labute approximate surface area is 172 Å². The molecule has 0 unspecified atom stereocenters. The van der Waals surface area contributed by atoms with E-state index in [2.05, 4.69) is 34.1 Å². The van der Waals surface area contributed by atoms with Gasteiger partial charge in [0, 0.05) is 51.9 Å². The van der Waals surface area contributed by atoms with Gasteiger partial charge in [0.1, 0.15) is 5.82 Å². The molecule has 7 heteroatoms. The summed E-state index contributed by atoms with van der Waals surface area (Å²) in [6.45, 7) is 6.18. The standard InChI is InChI=1S/C22H28FN3O2S/c23-20-6-8-22(9-7-20)29(27,28)26-12-10-21(11-13-26)25-16-14-24(15-17-25)18-19-4-2-1-3-5-19/h1-9,21H,10-18H2. The molecule has 29 heavy (non-hydrogen) atoms. The molecule has 4 rings (SSSR count). The summed E-state index contributed by atoms with van der Waals surface area (Å²) in [5.74, 6) is -0.422. The Morgan fingerprint density at radius 3 is 2.07 bits per heavy atom. The van der Waals surface area contributed by atoms with Gasteiger partial charge in [-0.25, -0.2) is 12.8 Å². The van der Waals surface area contributed by atoms with Crippen LogP contribution in [0.3, 0.4) is 0 Å². The van der Waals surface area contributed by atoms with E-state index < -0.39 is 15.8 Å². The van der Waals surface area contributed by atoms with E-state index in [1.807, 2.05) is 6.07 Å². The molecule has 0 saturated carbocycles. The van der Waals surface area contributed by atoms with Gasteiger partial charge in [-0.3, -0.25) is 9.80 Å². The summed E-state index contributed by atoms with van der Waals surface area (Å²) >= 11 is 0. The summed E-state index contributed by atoms with van der Waals surface area (Å²) in [7, 11) is -3.54. The first-order valence-electron chi connectivity index (χ1n) is 10.3. The number of sulfonamides is 1. The molecule has 0 spiro atoms. The molecule has 0 aromatic heterocycles. The molecule has 2 aromatic carbocycles. The van der Waals surface area contributed by atoms with Gasteiger partial charge < -0.3 is 0 Å². The van der Waals surface area contributed by atoms with Gasteiger partial charge in [-0.05, 0) is 42.7 Å². The number of hydrogen-bond acceptors (Lipinski definition) is 4. The maximum absolute atomic E-state index is 13.1. The van der Waals surface area contributed by atoms with Gasteiger partial charge in [-0.2, -0.15) is 4.31 Å². The van der Waals surface area contributed by atoms with Crippen LogP contribution >= 0.6 is 0 Å². The third-order valence-corrected chi connectivity index (χ3v) is 7.96. The Hall–Kier alpha value is -1.80. The number of piperazine rings is 1. The lowest BCUT2D eigenvalue weighted by molar-refractivity contribution is 0.0694. The van der Waals surface area contributed by atoms with E-state index in [1.54, 1.807) is 4.31 Å². The zero-order valence-corrected chi connectivity index (χ0v) is 17.4. The summed E-state index contributed by atoms with van der Waals surface area (Å²) < 4.78 is 40.2. The number of rotatable bonds is 5. The highest BCUT2D eigenvalue weighted by atomic mass is 32.2. The number of nitrogens with zero attached hydrogens (tertiary/aromatic N) is 3.